The van der Waals surface area contributed by atoms with Crippen LogP contribution in [0.4, 0.5) is 5.00 Å². The zero-order chi connectivity index (χ0) is 22.1. The normalized spacial score (nSPS) is 16.0. The van der Waals surface area contributed by atoms with Crippen molar-refractivity contribution in [2.24, 2.45) is 11.3 Å². The van der Waals surface area contributed by atoms with Crippen LogP contribution in [-0.2, 0) is 22.4 Å². The van der Waals surface area contributed by atoms with Crippen LogP contribution in [0.3, 0.4) is 0 Å². The van der Waals surface area contributed by atoms with E-state index in [0.717, 1.165) is 41.7 Å². The average Bonchev–Trinajstić information content (AvgIpc) is 3.03. The fraction of sp³-hybridized carbons (Fsp3) is 0.500. The molecule has 162 valence electrons. The molecule has 1 aromatic heterocycles. The number of esters is 1. The van der Waals surface area contributed by atoms with Crippen molar-refractivity contribution in [1.82, 2.24) is 0 Å². The van der Waals surface area contributed by atoms with Crippen LogP contribution >= 0.6 is 11.3 Å². The summed E-state index contributed by atoms with van der Waals surface area (Å²) in [4.78, 5) is 26.3. The third kappa shape index (κ3) is 4.69. The molecule has 1 unspecified atom stereocenters. The maximum Gasteiger partial charge on any atom is 0.341 e. The van der Waals surface area contributed by atoms with Crippen molar-refractivity contribution >= 4 is 28.2 Å². The van der Waals surface area contributed by atoms with E-state index in [1.54, 1.807) is 0 Å². The van der Waals surface area contributed by atoms with Gasteiger partial charge in [-0.15, -0.1) is 11.3 Å². The van der Waals surface area contributed by atoms with Gasteiger partial charge in [-0.05, 0) is 61.1 Å². The zero-order valence-electron chi connectivity index (χ0n) is 18.7. The number of para-hydroxylation sites is 1. The van der Waals surface area contributed by atoms with Crippen molar-refractivity contribution in [2.45, 2.75) is 53.9 Å². The third-order valence-corrected chi connectivity index (χ3v) is 7.06. The molecule has 1 heterocycles. The minimum Gasteiger partial charge on any atom is -0.483 e. The van der Waals surface area contributed by atoms with Crippen LogP contribution < -0.4 is 10.1 Å². The Kier molecular flexibility index (Phi) is 6.56. The zero-order valence-corrected chi connectivity index (χ0v) is 19.5. The first kappa shape index (κ1) is 22.3. The van der Waals surface area contributed by atoms with Gasteiger partial charge in [-0.1, -0.05) is 39.0 Å². The number of rotatable bonds is 5. The lowest BCUT2D eigenvalue weighted by atomic mass is 9.72. The summed E-state index contributed by atoms with van der Waals surface area (Å²) in [7, 11) is 1.38. The Morgan fingerprint density at radius 3 is 2.47 bits per heavy atom. The highest BCUT2D eigenvalue weighted by Crippen LogP contribution is 2.44. The molecule has 0 bridgehead atoms. The topological polar surface area (TPSA) is 64.6 Å². The van der Waals surface area contributed by atoms with Gasteiger partial charge in [0.05, 0.1) is 12.7 Å². The Balaban J connectivity index is 1.79. The summed E-state index contributed by atoms with van der Waals surface area (Å²) in [6.45, 7) is 10.6. The molecular weight excluding hydrogens is 398 g/mol. The monoisotopic (exact) mass is 429 g/mol. The number of ether oxygens (including phenoxy) is 2. The van der Waals surface area contributed by atoms with Gasteiger partial charge in [0, 0.05) is 4.88 Å². The summed E-state index contributed by atoms with van der Waals surface area (Å²) < 4.78 is 10.8. The van der Waals surface area contributed by atoms with Crippen LogP contribution in [-0.4, -0.2) is 25.6 Å². The van der Waals surface area contributed by atoms with Crippen molar-refractivity contribution in [3.63, 3.8) is 0 Å². The summed E-state index contributed by atoms with van der Waals surface area (Å²) in [6.07, 6.45) is 2.77. The summed E-state index contributed by atoms with van der Waals surface area (Å²) >= 11 is 1.49. The molecule has 3 rings (SSSR count). The molecule has 0 spiro atoms. The van der Waals surface area contributed by atoms with Gasteiger partial charge >= 0.3 is 5.97 Å². The number of anilines is 1. The van der Waals surface area contributed by atoms with E-state index in [4.69, 9.17) is 9.47 Å². The van der Waals surface area contributed by atoms with E-state index in [9.17, 15) is 9.59 Å². The molecule has 1 amide bonds. The molecule has 0 fully saturated rings. The number of thiophene rings is 1. The molecule has 30 heavy (non-hydrogen) atoms. The van der Waals surface area contributed by atoms with Crippen LogP contribution in [0, 0.1) is 25.2 Å². The lowest BCUT2D eigenvalue weighted by molar-refractivity contribution is -0.118. The first-order chi connectivity index (χ1) is 14.1. The Hall–Kier alpha value is -2.34. The number of amides is 1. The number of methoxy groups -OCH3 is 1. The van der Waals surface area contributed by atoms with Crippen LogP contribution in [0.1, 0.15) is 59.1 Å². The number of carbonyl (C=O) groups is 2. The Morgan fingerprint density at radius 1 is 1.20 bits per heavy atom. The summed E-state index contributed by atoms with van der Waals surface area (Å²) in [6, 6.07) is 5.87. The molecule has 0 aliphatic heterocycles. The van der Waals surface area contributed by atoms with E-state index < -0.39 is 5.97 Å². The van der Waals surface area contributed by atoms with Crippen molar-refractivity contribution in [3.8, 4) is 5.75 Å². The van der Waals surface area contributed by atoms with E-state index in [0.29, 0.717) is 16.5 Å². The lowest BCUT2D eigenvalue weighted by Crippen LogP contribution is -2.26. The van der Waals surface area contributed by atoms with E-state index in [1.165, 1.54) is 23.3 Å². The van der Waals surface area contributed by atoms with Crippen molar-refractivity contribution < 1.29 is 19.1 Å². The van der Waals surface area contributed by atoms with Gasteiger partial charge in [0.15, 0.2) is 6.61 Å². The van der Waals surface area contributed by atoms with E-state index in [-0.39, 0.29) is 17.9 Å². The van der Waals surface area contributed by atoms with Gasteiger partial charge in [-0.25, -0.2) is 4.79 Å². The standard InChI is InChI=1S/C24H31NO4S/c1-14-8-7-9-15(2)21(14)29-13-19(26)25-22-20(23(27)28-6)17-11-10-16(24(3,4)5)12-18(17)30-22/h7-9,16H,10-13H2,1-6H3,(H,25,26). The number of hydrogen-bond acceptors (Lipinski definition) is 5. The Bertz CT molecular complexity index is 935. The Morgan fingerprint density at radius 2 is 1.87 bits per heavy atom. The van der Waals surface area contributed by atoms with E-state index in [1.807, 2.05) is 32.0 Å². The Labute approximate surface area is 182 Å². The number of aryl methyl sites for hydroxylation is 2. The number of hydrogen-bond donors (Lipinski definition) is 1. The predicted octanol–water partition coefficient (Wildman–Crippen LogP) is 5.32. The smallest absolute Gasteiger partial charge is 0.341 e. The third-order valence-electron chi connectivity index (χ3n) is 5.89. The van der Waals surface area contributed by atoms with Crippen LogP contribution in [0.5, 0.6) is 5.75 Å². The number of nitrogens with one attached hydrogen (secondary N) is 1. The van der Waals surface area contributed by atoms with Gasteiger partial charge < -0.3 is 14.8 Å². The maximum atomic E-state index is 12.6. The fourth-order valence-electron chi connectivity index (χ4n) is 4.06. The molecule has 1 aliphatic rings. The van der Waals surface area contributed by atoms with Gasteiger partial charge in [0.2, 0.25) is 0 Å². The molecule has 2 aromatic rings. The second-order valence-electron chi connectivity index (χ2n) is 9.06. The highest BCUT2D eigenvalue weighted by molar-refractivity contribution is 7.17. The molecule has 0 saturated carbocycles. The molecule has 0 saturated heterocycles. The summed E-state index contributed by atoms with van der Waals surface area (Å²) in [5.41, 5.74) is 3.70. The first-order valence-corrected chi connectivity index (χ1v) is 11.1. The molecule has 1 N–H and O–H groups in total. The van der Waals surface area contributed by atoms with Gasteiger partial charge in [-0.2, -0.15) is 0 Å². The van der Waals surface area contributed by atoms with Crippen LogP contribution in [0.15, 0.2) is 18.2 Å². The molecule has 1 atom stereocenters. The minimum atomic E-state index is -0.396. The van der Waals surface area contributed by atoms with Gasteiger partial charge in [0.1, 0.15) is 10.8 Å². The molecule has 5 nitrogen and oxygen atoms in total. The van der Waals surface area contributed by atoms with Gasteiger partial charge in [0.25, 0.3) is 5.91 Å². The molecule has 0 radical (unpaired) electrons. The number of carbonyl (C=O) groups excluding carboxylic acids is 2. The fourth-order valence-corrected chi connectivity index (χ4v) is 5.39. The first-order valence-electron chi connectivity index (χ1n) is 10.3. The molecule has 1 aliphatic carbocycles. The van der Waals surface area contributed by atoms with Crippen molar-refractivity contribution in [2.75, 3.05) is 19.0 Å². The maximum absolute atomic E-state index is 12.6. The van der Waals surface area contributed by atoms with Crippen molar-refractivity contribution in [1.29, 1.82) is 0 Å². The van der Waals surface area contributed by atoms with Crippen LogP contribution in [0.2, 0.25) is 0 Å². The lowest BCUT2D eigenvalue weighted by Gasteiger charge is -2.33. The number of benzene rings is 1. The van der Waals surface area contributed by atoms with Gasteiger partial charge in [-0.3, -0.25) is 4.79 Å². The highest BCUT2D eigenvalue weighted by Gasteiger charge is 2.34. The summed E-state index contributed by atoms with van der Waals surface area (Å²) in [5, 5.41) is 3.47. The number of fused-ring (bicyclic) bond motifs is 1. The minimum absolute atomic E-state index is 0.112. The van der Waals surface area contributed by atoms with E-state index in [2.05, 4.69) is 26.1 Å². The molecule has 1 aromatic carbocycles. The van der Waals surface area contributed by atoms with Crippen molar-refractivity contribution in [3.05, 3.63) is 45.3 Å². The van der Waals surface area contributed by atoms with E-state index >= 15 is 0 Å². The summed E-state index contributed by atoms with van der Waals surface area (Å²) in [5.74, 6) is 0.589. The van der Waals surface area contributed by atoms with Crippen LogP contribution in [0.25, 0.3) is 0 Å². The highest BCUT2D eigenvalue weighted by atomic mass is 32.1. The largest absolute Gasteiger partial charge is 0.483 e. The predicted molar refractivity (Wildman–Crippen MR) is 121 cm³/mol. The second-order valence-corrected chi connectivity index (χ2v) is 10.2. The SMILES string of the molecule is COC(=O)c1c(NC(=O)COc2c(C)cccc2C)sc2c1CCC(C(C)(C)C)C2. The molecular formula is C24H31NO4S. The average molecular weight is 430 g/mol. The second kappa shape index (κ2) is 8.80. The quantitative estimate of drug-likeness (QED) is 0.653. The molecule has 6 heteroatoms.